The van der Waals surface area contributed by atoms with Crippen LogP contribution < -0.4 is 0 Å². The van der Waals surface area contributed by atoms with Crippen LogP contribution in [0.15, 0.2) is 0 Å². The quantitative estimate of drug-likeness (QED) is 0.168. The standard InChI is InChI=1S/C21H51NO9Si3/c1-10-29-32(23-4,24-5)19-13-16-22(17-14-20-33(25-6,26-7)30-11-2)18-15-21-34(27-8,28-9)31-12-3/h10-21H2,1-9H3. The minimum absolute atomic E-state index is 0.577. The van der Waals surface area contributed by atoms with Gasteiger partial charge in [-0.25, -0.2) is 0 Å². The molecule has 0 aromatic heterocycles. The van der Waals surface area contributed by atoms with E-state index in [4.69, 9.17) is 39.8 Å². The second-order valence-electron chi connectivity index (χ2n) is 7.73. The van der Waals surface area contributed by atoms with Gasteiger partial charge in [0, 0.05) is 80.6 Å². The number of hydrogen-bond donors (Lipinski definition) is 0. The summed E-state index contributed by atoms with van der Waals surface area (Å²) in [6.45, 7) is 10.3. The summed E-state index contributed by atoms with van der Waals surface area (Å²) in [7, 11) is 2.19. The zero-order valence-electron chi connectivity index (χ0n) is 23.1. The normalized spacial score (nSPS) is 13.2. The Hall–Kier alpha value is 0.251. The van der Waals surface area contributed by atoms with Crippen LogP contribution in [0.5, 0.6) is 0 Å². The predicted octanol–water partition coefficient (Wildman–Crippen LogP) is 3.26. The summed E-state index contributed by atoms with van der Waals surface area (Å²) in [6, 6.07) is 2.31. The Bertz CT molecular complexity index is 416. The third-order valence-corrected chi connectivity index (χ3v) is 14.6. The van der Waals surface area contributed by atoms with E-state index in [2.05, 4.69) is 4.90 Å². The van der Waals surface area contributed by atoms with Crippen molar-refractivity contribution in [1.82, 2.24) is 4.90 Å². The topological polar surface area (TPSA) is 86.3 Å². The van der Waals surface area contributed by atoms with Crippen molar-refractivity contribution in [2.24, 2.45) is 0 Å². The lowest BCUT2D eigenvalue weighted by atomic mass is 10.3. The van der Waals surface area contributed by atoms with Gasteiger partial charge in [0.1, 0.15) is 0 Å². The van der Waals surface area contributed by atoms with E-state index < -0.39 is 26.4 Å². The van der Waals surface area contributed by atoms with Gasteiger partial charge in [-0.1, -0.05) is 0 Å². The molecule has 0 saturated heterocycles. The Balaban J connectivity index is 5.09. The van der Waals surface area contributed by atoms with Crippen LogP contribution in [0.25, 0.3) is 0 Å². The smallest absolute Gasteiger partial charge is 0.377 e. The molecule has 206 valence electrons. The highest BCUT2D eigenvalue weighted by Crippen LogP contribution is 2.20. The Labute approximate surface area is 211 Å². The molecule has 13 heteroatoms. The van der Waals surface area contributed by atoms with E-state index in [9.17, 15) is 0 Å². The van der Waals surface area contributed by atoms with E-state index in [1.807, 2.05) is 20.8 Å². The Kier molecular flexibility index (Phi) is 19.5. The summed E-state index contributed by atoms with van der Waals surface area (Å²) < 4.78 is 51.5. The Morgan fingerprint density at radius 3 is 0.853 bits per heavy atom. The van der Waals surface area contributed by atoms with Crippen LogP contribution in [0.4, 0.5) is 0 Å². The first-order chi connectivity index (χ1) is 16.3. The SMILES string of the molecule is CCO[Si](CCCN(CCC[Si](OC)(OC)OCC)CCC[Si](OC)(OC)OCC)(OC)OC. The molecule has 0 aliphatic rings. The van der Waals surface area contributed by atoms with Crippen molar-refractivity contribution in [3.05, 3.63) is 0 Å². The molecule has 0 rings (SSSR count). The molecule has 0 spiro atoms. The number of nitrogens with zero attached hydrogens (tertiary/aromatic N) is 1. The maximum absolute atomic E-state index is 5.86. The van der Waals surface area contributed by atoms with E-state index in [-0.39, 0.29) is 0 Å². The molecule has 10 nitrogen and oxygen atoms in total. The maximum Gasteiger partial charge on any atom is 0.500 e. The lowest BCUT2D eigenvalue weighted by Crippen LogP contribution is -2.46. The minimum atomic E-state index is -2.61. The highest BCUT2D eigenvalue weighted by Gasteiger charge is 2.40. The molecular weight excluding hydrogens is 494 g/mol. The highest BCUT2D eigenvalue weighted by atomic mass is 28.4. The fraction of sp³-hybridized carbons (Fsp3) is 1.00. The minimum Gasteiger partial charge on any atom is -0.377 e. The molecule has 0 radical (unpaired) electrons. The van der Waals surface area contributed by atoms with Crippen LogP contribution in [0.1, 0.15) is 40.0 Å². The van der Waals surface area contributed by atoms with Crippen LogP contribution in [0.3, 0.4) is 0 Å². The molecule has 0 amide bonds. The molecule has 0 atom stereocenters. The van der Waals surface area contributed by atoms with Gasteiger partial charge in [0.2, 0.25) is 0 Å². The monoisotopic (exact) mass is 545 g/mol. The summed E-state index contributed by atoms with van der Waals surface area (Å²) in [5.41, 5.74) is 0. The first kappa shape index (κ1) is 34.3. The molecular formula is C21H51NO9Si3. The summed E-state index contributed by atoms with van der Waals surface area (Å²) in [6.07, 6.45) is 2.75. The third kappa shape index (κ3) is 12.0. The van der Waals surface area contributed by atoms with Crippen molar-refractivity contribution in [3.8, 4) is 0 Å². The van der Waals surface area contributed by atoms with Gasteiger partial charge in [-0.15, -0.1) is 0 Å². The Morgan fingerprint density at radius 1 is 0.441 bits per heavy atom. The van der Waals surface area contributed by atoms with Gasteiger partial charge in [0.15, 0.2) is 0 Å². The molecule has 0 aromatic rings. The molecule has 0 saturated carbocycles. The first-order valence-corrected chi connectivity index (χ1v) is 18.1. The zero-order valence-corrected chi connectivity index (χ0v) is 26.1. The van der Waals surface area contributed by atoms with E-state index >= 15 is 0 Å². The van der Waals surface area contributed by atoms with Crippen LogP contribution >= 0.6 is 0 Å². The zero-order chi connectivity index (χ0) is 25.9. The van der Waals surface area contributed by atoms with Gasteiger partial charge in [0.25, 0.3) is 0 Å². The van der Waals surface area contributed by atoms with Gasteiger partial charge in [-0.2, -0.15) is 0 Å². The first-order valence-electron chi connectivity index (χ1n) is 12.3. The largest absolute Gasteiger partial charge is 0.500 e. The number of rotatable bonds is 24. The Morgan fingerprint density at radius 2 is 0.676 bits per heavy atom. The second-order valence-corrected chi connectivity index (χ2v) is 16.6. The average molecular weight is 546 g/mol. The molecule has 0 aliphatic carbocycles. The van der Waals surface area contributed by atoms with Gasteiger partial charge in [0.05, 0.1) is 0 Å². The van der Waals surface area contributed by atoms with Gasteiger partial charge in [-0.3, -0.25) is 0 Å². The molecule has 0 unspecified atom stereocenters. The predicted molar refractivity (Wildman–Crippen MR) is 139 cm³/mol. The third-order valence-electron chi connectivity index (χ3n) is 5.83. The van der Waals surface area contributed by atoms with Crippen molar-refractivity contribution in [2.75, 3.05) is 82.1 Å². The molecule has 0 aromatic carbocycles. The van der Waals surface area contributed by atoms with Crippen molar-refractivity contribution in [2.45, 2.75) is 58.2 Å². The summed E-state index contributed by atoms with van der Waals surface area (Å²) in [5, 5.41) is 0. The van der Waals surface area contributed by atoms with E-state index in [1.54, 1.807) is 42.7 Å². The van der Waals surface area contributed by atoms with Crippen molar-refractivity contribution < 1.29 is 39.8 Å². The molecule has 0 aliphatic heterocycles. The average Bonchev–Trinajstić information content (AvgIpc) is 2.86. The van der Waals surface area contributed by atoms with Crippen LogP contribution in [-0.4, -0.2) is 113 Å². The lowest BCUT2D eigenvalue weighted by molar-refractivity contribution is 0.0994. The van der Waals surface area contributed by atoms with E-state index in [0.29, 0.717) is 19.8 Å². The van der Waals surface area contributed by atoms with Gasteiger partial charge < -0.3 is 44.7 Å². The molecule has 0 heterocycles. The van der Waals surface area contributed by atoms with Crippen LogP contribution in [-0.2, 0) is 39.8 Å². The fourth-order valence-corrected chi connectivity index (χ4v) is 9.94. The second kappa shape index (κ2) is 19.4. The highest BCUT2D eigenvalue weighted by molar-refractivity contribution is 6.61. The lowest BCUT2D eigenvalue weighted by Gasteiger charge is -2.30. The van der Waals surface area contributed by atoms with Crippen molar-refractivity contribution in [1.29, 1.82) is 0 Å². The van der Waals surface area contributed by atoms with Gasteiger partial charge >= 0.3 is 26.4 Å². The molecule has 34 heavy (non-hydrogen) atoms. The summed E-state index contributed by atoms with van der Waals surface area (Å²) >= 11 is 0. The summed E-state index contributed by atoms with van der Waals surface area (Å²) in [4.78, 5) is 2.45. The summed E-state index contributed by atoms with van der Waals surface area (Å²) in [5.74, 6) is 0. The van der Waals surface area contributed by atoms with E-state index in [0.717, 1.165) is 57.0 Å². The molecule has 0 N–H and O–H groups in total. The van der Waals surface area contributed by atoms with Crippen LogP contribution in [0, 0.1) is 0 Å². The number of hydrogen-bond acceptors (Lipinski definition) is 10. The molecule has 0 fully saturated rings. The van der Waals surface area contributed by atoms with Crippen molar-refractivity contribution in [3.63, 3.8) is 0 Å². The maximum atomic E-state index is 5.86. The van der Waals surface area contributed by atoms with Crippen LogP contribution in [0.2, 0.25) is 18.1 Å². The van der Waals surface area contributed by atoms with Crippen molar-refractivity contribution >= 4 is 26.4 Å². The fourth-order valence-electron chi connectivity index (χ4n) is 3.99. The van der Waals surface area contributed by atoms with Gasteiger partial charge in [-0.05, 0) is 59.7 Å². The molecule has 0 bridgehead atoms. The van der Waals surface area contributed by atoms with E-state index in [1.165, 1.54) is 0 Å².